The second kappa shape index (κ2) is 15.3. The summed E-state index contributed by atoms with van der Waals surface area (Å²) < 4.78 is 12.0. The number of fused-ring (bicyclic) bond motifs is 2. The number of unbranched alkanes of at least 4 members (excludes halogenated alkanes) is 1. The molecule has 1 fully saturated rings. The van der Waals surface area contributed by atoms with Crippen molar-refractivity contribution in [3.05, 3.63) is 142 Å². The highest BCUT2D eigenvalue weighted by molar-refractivity contribution is 6.01. The largest absolute Gasteiger partial charge is 0.508 e. The molecule has 2 N–H and O–H groups in total. The summed E-state index contributed by atoms with van der Waals surface area (Å²) in [5.74, 6) is 1.60. The zero-order valence-corrected chi connectivity index (χ0v) is 28.6. The molecule has 7 heteroatoms. The predicted molar refractivity (Wildman–Crippen MR) is 194 cm³/mol. The number of aromatic hydroxyl groups is 1. The van der Waals surface area contributed by atoms with E-state index in [-0.39, 0.29) is 17.7 Å². The third-order valence-corrected chi connectivity index (χ3v) is 10.5. The molecule has 2 heterocycles. The Hall–Kier alpha value is -4.88. The molecule has 7 rings (SSSR count). The topological polar surface area (TPSA) is 88.1 Å². The smallest absolute Gasteiger partial charge is 0.255 e. The number of hydrogen-bond acceptors (Lipinski definition) is 5. The van der Waals surface area contributed by atoms with Crippen molar-refractivity contribution in [3.63, 3.8) is 0 Å². The number of ether oxygens (including phenoxy) is 2. The van der Waals surface area contributed by atoms with Gasteiger partial charge in [-0.3, -0.25) is 9.59 Å². The third-order valence-electron chi connectivity index (χ3n) is 10.5. The number of piperidine rings is 1. The van der Waals surface area contributed by atoms with Gasteiger partial charge in [-0.2, -0.15) is 0 Å². The van der Waals surface area contributed by atoms with Gasteiger partial charge in [0, 0.05) is 43.4 Å². The van der Waals surface area contributed by atoms with Crippen molar-refractivity contribution in [2.75, 3.05) is 19.8 Å². The number of carbonyl (C=O) groups is 2. The fourth-order valence-corrected chi connectivity index (χ4v) is 7.90. The fourth-order valence-electron chi connectivity index (χ4n) is 7.90. The van der Waals surface area contributed by atoms with E-state index in [1.54, 1.807) is 4.90 Å². The summed E-state index contributed by atoms with van der Waals surface area (Å²) in [6, 6.07) is 30.8. The molecule has 258 valence electrons. The first kappa shape index (κ1) is 33.6. The first-order valence-corrected chi connectivity index (χ1v) is 18.0. The van der Waals surface area contributed by atoms with Crippen LogP contribution in [0.1, 0.15) is 94.1 Å². The Balaban J connectivity index is 0.826. The molecule has 50 heavy (non-hydrogen) atoms. The molecular formula is C43H46N2O5. The van der Waals surface area contributed by atoms with E-state index in [0.717, 1.165) is 55.5 Å². The highest BCUT2D eigenvalue weighted by atomic mass is 16.5. The van der Waals surface area contributed by atoms with Gasteiger partial charge in [0.1, 0.15) is 17.5 Å². The van der Waals surface area contributed by atoms with E-state index in [0.29, 0.717) is 56.4 Å². The normalized spacial score (nSPS) is 20.0. The van der Waals surface area contributed by atoms with Crippen LogP contribution in [0.4, 0.5) is 0 Å². The number of nitrogens with one attached hydrogen (secondary N) is 1. The number of phenols is 1. The quantitative estimate of drug-likeness (QED) is 0.142. The van der Waals surface area contributed by atoms with E-state index < -0.39 is 6.04 Å². The van der Waals surface area contributed by atoms with Gasteiger partial charge >= 0.3 is 0 Å². The van der Waals surface area contributed by atoms with Gasteiger partial charge < -0.3 is 24.8 Å². The molecule has 0 spiro atoms. The van der Waals surface area contributed by atoms with Crippen molar-refractivity contribution in [2.24, 2.45) is 0 Å². The van der Waals surface area contributed by atoms with Gasteiger partial charge in [-0.05, 0) is 115 Å². The van der Waals surface area contributed by atoms with E-state index in [2.05, 4.69) is 78.6 Å². The molecule has 1 saturated heterocycles. The Morgan fingerprint density at radius 2 is 1.62 bits per heavy atom. The van der Waals surface area contributed by atoms with E-state index in [1.165, 1.54) is 27.8 Å². The molecule has 0 aromatic heterocycles. The van der Waals surface area contributed by atoms with Crippen LogP contribution in [0.15, 0.2) is 103 Å². The van der Waals surface area contributed by atoms with Crippen LogP contribution in [0.3, 0.4) is 0 Å². The highest BCUT2D eigenvalue weighted by Crippen LogP contribution is 2.47. The highest BCUT2D eigenvalue weighted by Gasteiger charge is 2.38. The molecule has 2 aliphatic heterocycles. The lowest BCUT2D eigenvalue weighted by molar-refractivity contribution is -0.126. The second-order valence-electron chi connectivity index (χ2n) is 13.8. The Morgan fingerprint density at radius 3 is 2.44 bits per heavy atom. The van der Waals surface area contributed by atoms with Crippen LogP contribution in [-0.4, -0.2) is 47.7 Å². The average molecular weight is 671 g/mol. The van der Waals surface area contributed by atoms with Crippen LogP contribution in [0, 0.1) is 0 Å². The molecule has 7 nitrogen and oxygen atoms in total. The number of benzene rings is 4. The van der Waals surface area contributed by atoms with E-state index in [9.17, 15) is 14.7 Å². The summed E-state index contributed by atoms with van der Waals surface area (Å²) >= 11 is 0. The maximum Gasteiger partial charge on any atom is 0.255 e. The number of rotatable bonds is 13. The lowest BCUT2D eigenvalue weighted by atomic mass is 9.69. The van der Waals surface area contributed by atoms with Crippen molar-refractivity contribution in [3.8, 4) is 11.5 Å². The second-order valence-corrected chi connectivity index (χ2v) is 13.8. The molecule has 4 aromatic rings. The van der Waals surface area contributed by atoms with Gasteiger partial charge in [0.2, 0.25) is 5.91 Å². The molecule has 3 atom stereocenters. The molecular weight excluding hydrogens is 624 g/mol. The summed E-state index contributed by atoms with van der Waals surface area (Å²) in [5, 5.41) is 12.9. The van der Waals surface area contributed by atoms with Crippen molar-refractivity contribution in [2.45, 2.75) is 75.8 Å². The molecule has 4 aromatic carbocycles. The number of carbonyl (C=O) groups excluding carboxylic acids is 2. The van der Waals surface area contributed by atoms with Crippen molar-refractivity contribution in [1.82, 2.24) is 10.2 Å². The van der Waals surface area contributed by atoms with E-state index in [1.807, 2.05) is 24.3 Å². The lowest BCUT2D eigenvalue weighted by Gasteiger charge is -2.34. The number of allylic oxidation sites excluding steroid dienone is 1. The Kier molecular flexibility index (Phi) is 10.3. The van der Waals surface area contributed by atoms with E-state index in [4.69, 9.17) is 9.47 Å². The van der Waals surface area contributed by atoms with Gasteiger partial charge in [-0.25, -0.2) is 0 Å². The van der Waals surface area contributed by atoms with Crippen molar-refractivity contribution >= 4 is 11.8 Å². The van der Waals surface area contributed by atoms with E-state index >= 15 is 0 Å². The first-order chi connectivity index (χ1) is 24.4. The van der Waals surface area contributed by atoms with Crippen LogP contribution in [-0.2, 0) is 28.9 Å². The number of aryl methyl sites for hydroxylation is 2. The Labute approximate surface area is 294 Å². The minimum absolute atomic E-state index is 0.0567. The predicted octanol–water partition coefficient (Wildman–Crippen LogP) is 7.81. The van der Waals surface area contributed by atoms with Crippen molar-refractivity contribution in [1.29, 1.82) is 0 Å². The maximum atomic E-state index is 13.0. The molecule has 0 radical (unpaired) electrons. The van der Waals surface area contributed by atoms with Crippen molar-refractivity contribution < 1.29 is 24.2 Å². The minimum atomic E-state index is -0.428. The van der Waals surface area contributed by atoms with Gasteiger partial charge in [-0.1, -0.05) is 67.2 Å². The number of amides is 2. The molecule has 3 aliphatic rings. The van der Waals surface area contributed by atoms with Gasteiger partial charge in [0.05, 0.1) is 6.61 Å². The number of hydrogen-bond donors (Lipinski definition) is 2. The lowest BCUT2D eigenvalue weighted by Crippen LogP contribution is -2.49. The average Bonchev–Trinajstić information content (AvgIpc) is 3.45. The van der Waals surface area contributed by atoms with Crippen LogP contribution in [0.25, 0.3) is 0 Å². The molecule has 2 amide bonds. The Bertz CT molecular complexity index is 1840. The van der Waals surface area contributed by atoms with Crippen LogP contribution in [0.2, 0.25) is 0 Å². The maximum absolute atomic E-state index is 13.0. The minimum Gasteiger partial charge on any atom is -0.508 e. The Morgan fingerprint density at radius 1 is 0.800 bits per heavy atom. The van der Waals surface area contributed by atoms with Gasteiger partial charge in [0.25, 0.3) is 5.91 Å². The van der Waals surface area contributed by atoms with Crippen LogP contribution >= 0.6 is 0 Å². The number of nitrogens with zero attached hydrogens (tertiary/aromatic N) is 1. The summed E-state index contributed by atoms with van der Waals surface area (Å²) in [5.41, 5.74) is 8.79. The summed E-state index contributed by atoms with van der Waals surface area (Å²) in [4.78, 5) is 27.2. The fraction of sp³-hybridized carbons (Fsp3) is 0.349. The summed E-state index contributed by atoms with van der Waals surface area (Å²) in [7, 11) is 0. The molecule has 0 saturated carbocycles. The standard InChI is InChI=1S/C43H46N2O5/c1-29-11-22-40(42(47)44-29)45-28-34-26-30(12-19-39(34)43(45)48)8-5-6-23-49-24-7-25-50-36-17-13-32(14-18-36)41-37(31-9-3-2-4-10-31)20-15-33-27-35(46)16-21-38(33)41/h2-4,9-10,12-14,16-19,21,26-27,37,40-41,46H,1,5-8,11,15,20,22-25,28H2,(H,44,47)/t37-,40-,41+/m0/s1. The van der Waals surface area contributed by atoms with Gasteiger partial charge in [-0.15, -0.1) is 0 Å². The number of phenolic OH excluding ortho intramolecular Hbond substituents is 1. The zero-order valence-electron chi connectivity index (χ0n) is 28.6. The van der Waals surface area contributed by atoms with Gasteiger partial charge in [0.15, 0.2) is 0 Å². The molecule has 0 bridgehead atoms. The molecule has 0 unspecified atom stereocenters. The monoisotopic (exact) mass is 670 g/mol. The zero-order chi connectivity index (χ0) is 34.5. The SMILES string of the molecule is C=C1CC[C@H](N2Cc3cc(CCCCOCCCOc4ccc([C@H]5c6ccc(O)cc6CC[C@H]5c5ccccc5)cc4)ccc3C2=O)C(=O)N1. The summed E-state index contributed by atoms with van der Waals surface area (Å²) in [6.45, 7) is 6.28. The first-order valence-electron chi connectivity index (χ1n) is 18.0. The van der Waals surface area contributed by atoms with Crippen LogP contribution < -0.4 is 10.1 Å². The summed E-state index contributed by atoms with van der Waals surface area (Å²) in [6.07, 6.45) is 7.03. The van der Waals surface area contributed by atoms with Crippen LogP contribution in [0.5, 0.6) is 11.5 Å². The molecule has 1 aliphatic carbocycles. The third kappa shape index (κ3) is 7.48.